The van der Waals surface area contributed by atoms with Crippen molar-refractivity contribution in [1.82, 2.24) is 25.2 Å². The Bertz CT molecular complexity index is 2020. The van der Waals surface area contributed by atoms with Gasteiger partial charge >= 0.3 is 0 Å². The number of pyridine rings is 1. The average molecular weight is 514 g/mol. The van der Waals surface area contributed by atoms with Crippen LogP contribution < -0.4 is 5.43 Å². The molecule has 0 atom stereocenters. The largest absolute Gasteiger partial charge is 0.271 e. The summed E-state index contributed by atoms with van der Waals surface area (Å²) in [5, 5.41) is 9.86. The number of carbonyl (C=O) groups is 1. The number of thiophene rings is 1. The molecule has 0 aliphatic carbocycles. The molecule has 2 aliphatic rings. The maximum atomic E-state index is 12.1. The monoisotopic (exact) mass is 513 g/mol. The van der Waals surface area contributed by atoms with Crippen molar-refractivity contribution < 1.29 is 4.79 Å². The molecule has 0 unspecified atom stereocenters. The first-order valence-electron chi connectivity index (χ1n) is 12.2. The molecule has 0 spiro atoms. The Morgan fingerprint density at radius 1 is 0.921 bits per heavy atom. The van der Waals surface area contributed by atoms with Gasteiger partial charge in [0.05, 0.1) is 22.3 Å². The average Bonchev–Trinajstić information content (AvgIpc) is 3.49. The van der Waals surface area contributed by atoms with Crippen molar-refractivity contribution in [2.75, 3.05) is 6.54 Å². The van der Waals surface area contributed by atoms with Crippen molar-refractivity contribution in [2.24, 2.45) is 9.98 Å². The lowest BCUT2D eigenvalue weighted by Gasteiger charge is -2.30. The van der Waals surface area contributed by atoms with Crippen molar-refractivity contribution in [1.29, 1.82) is 0 Å². The minimum Gasteiger partial charge on any atom is -0.271 e. The van der Waals surface area contributed by atoms with Gasteiger partial charge in [0.2, 0.25) is 0 Å². The zero-order valence-corrected chi connectivity index (χ0v) is 21.0. The summed E-state index contributed by atoms with van der Waals surface area (Å²) in [4.78, 5) is 26.4. The van der Waals surface area contributed by atoms with Crippen LogP contribution in [0.4, 0.5) is 5.82 Å². The van der Waals surface area contributed by atoms with Crippen molar-refractivity contribution in [3.8, 4) is 16.8 Å². The molecule has 8 nitrogen and oxygen atoms in total. The lowest BCUT2D eigenvalue weighted by Crippen LogP contribution is -2.51. The second kappa shape index (κ2) is 7.80. The molecule has 8 rings (SSSR count). The number of amides is 1. The third-order valence-electron chi connectivity index (χ3n) is 7.00. The summed E-state index contributed by atoms with van der Waals surface area (Å²) in [6.45, 7) is 2.05. The molecule has 3 aromatic carbocycles. The molecule has 1 N–H and O–H groups in total. The van der Waals surface area contributed by atoms with Gasteiger partial charge in [0.25, 0.3) is 5.91 Å². The molecule has 0 bridgehead atoms. The summed E-state index contributed by atoms with van der Waals surface area (Å²) < 4.78 is 4.36. The van der Waals surface area contributed by atoms with E-state index in [1.165, 1.54) is 20.2 Å². The van der Waals surface area contributed by atoms with E-state index < -0.39 is 0 Å². The molecular weight excluding hydrogens is 494 g/mol. The number of nitrogens with one attached hydrogen (secondary N) is 1. The fourth-order valence-electron chi connectivity index (χ4n) is 5.37. The number of aryl methyl sites for hydroxylation is 1. The summed E-state index contributed by atoms with van der Waals surface area (Å²) in [6.07, 6.45) is 1.56. The standard InChI is InChI=1S/C29H19N7OS/c1-16-24-25(17-11-12-22-20(13-17)19-9-5-6-10-21(19)38-22)26-27(31-15-35-28(26)30-14-23(37)34-35)32-29(24)36(33-16)18-7-3-2-4-8-18/h2-13,15H,14H2,1H3,(H,34,37). The Hall–Kier alpha value is -4.89. The number of aromatic nitrogens is 3. The van der Waals surface area contributed by atoms with E-state index >= 15 is 0 Å². The van der Waals surface area contributed by atoms with Gasteiger partial charge in [-0.3, -0.25) is 15.2 Å². The Labute approximate surface area is 220 Å². The number of nitrogens with zero attached hydrogens (tertiary/aromatic N) is 6. The predicted molar refractivity (Wildman–Crippen MR) is 151 cm³/mol. The zero-order valence-electron chi connectivity index (χ0n) is 20.2. The number of hydrogen-bond donors (Lipinski definition) is 1. The number of hydrazine groups is 1. The first kappa shape index (κ1) is 21.2. The Kier molecular flexibility index (Phi) is 4.36. The van der Waals surface area contributed by atoms with Crippen LogP contribution in [0.5, 0.6) is 0 Å². The minimum absolute atomic E-state index is 0.0487. The molecule has 6 aromatic rings. The fourth-order valence-corrected chi connectivity index (χ4v) is 6.46. The van der Waals surface area contributed by atoms with Crippen LogP contribution in [0.1, 0.15) is 11.3 Å². The van der Waals surface area contributed by atoms with Crippen LogP contribution in [0.15, 0.2) is 82.8 Å². The first-order valence-corrected chi connectivity index (χ1v) is 13.1. The lowest BCUT2D eigenvalue weighted by atomic mass is 9.94. The molecule has 3 aromatic heterocycles. The normalized spacial score (nSPS) is 14.6. The summed E-state index contributed by atoms with van der Waals surface area (Å²) in [5.74, 6) is 0.991. The van der Waals surface area contributed by atoms with Gasteiger partial charge in [-0.05, 0) is 42.8 Å². The van der Waals surface area contributed by atoms with Gasteiger partial charge in [-0.25, -0.2) is 19.7 Å². The first-order chi connectivity index (χ1) is 18.7. The van der Waals surface area contributed by atoms with Crippen molar-refractivity contribution in [3.05, 3.63) is 84.1 Å². The van der Waals surface area contributed by atoms with Crippen LogP contribution in [-0.2, 0) is 4.79 Å². The van der Waals surface area contributed by atoms with Gasteiger partial charge in [0.1, 0.15) is 12.9 Å². The maximum absolute atomic E-state index is 12.1. The van der Waals surface area contributed by atoms with Gasteiger partial charge in [-0.2, -0.15) is 5.10 Å². The highest BCUT2D eigenvalue weighted by Crippen LogP contribution is 2.43. The summed E-state index contributed by atoms with van der Waals surface area (Å²) in [5.41, 5.74) is 8.12. The summed E-state index contributed by atoms with van der Waals surface area (Å²) >= 11 is 1.79. The van der Waals surface area contributed by atoms with Crippen molar-refractivity contribution in [2.45, 2.75) is 6.92 Å². The summed E-state index contributed by atoms with van der Waals surface area (Å²) in [7, 11) is 0. The van der Waals surface area contributed by atoms with E-state index in [-0.39, 0.29) is 12.5 Å². The number of rotatable bonds is 2. The van der Waals surface area contributed by atoms with E-state index in [2.05, 4.69) is 57.9 Å². The molecule has 38 heavy (non-hydrogen) atoms. The van der Waals surface area contributed by atoms with Crippen LogP contribution >= 0.6 is 11.3 Å². The highest BCUT2D eigenvalue weighted by Gasteiger charge is 2.32. The van der Waals surface area contributed by atoms with Crippen molar-refractivity contribution >= 4 is 66.4 Å². The quantitative estimate of drug-likeness (QED) is 0.330. The third-order valence-corrected chi connectivity index (χ3v) is 8.15. The Balaban J connectivity index is 1.50. The van der Waals surface area contributed by atoms with E-state index in [0.717, 1.165) is 39.1 Å². The van der Waals surface area contributed by atoms with Gasteiger partial charge in [-0.15, -0.1) is 11.3 Å². The Morgan fingerprint density at radius 3 is 2.63 bits per heavy atom. The molecule has 0 fully saturated rings. The highest BCUT2D eigenvalue weighted by atomic mass is 32.1. The lowest BCUT2D eigenvalue weighted by molar-refractivity contribution is -0.122. The molecule has 9 heteroatoms. The highest BCUT2D eigenvalue weighted by molar-refractivity contribution is 7.25. The van der Waals surface area contributed by atoms with Crippen LogP contribution in [0.25, 0.3) is 48.0 Å². The molecule has 1 amide bonds. The zero-order chi connectivity index (χ0) is 25.4. The number of benzene rings is 3. The van der Waals surface area contributed by atoms with E-state index in [1.807, 2.05) is 41.9 Å². The smallest absolute Gasteiger partial charge is 0.260 e. The van der Waals surface area contributed by atoms with E-state index in [0.29, 0.717) is 11.7 Å². The van der Waals surface area contributed by atoms with E-state index in [4.69, 9.17) is 10.1 Å². The number of fused-ring (bicyclic) bond motifs is 7. The van der Waals surface area contributed by atoms with Crippen LogP contribution in [0.3, 0.4) is 0 Å². The third kappa shape index (κ3) is 2.99. The molecule has 2 aliphatic heterocycles. The molecule has 182 valence electrons. The fraction of sp³-hybridized carbons (Fsp3) is 0.0690. The molecule has 5 heterocycles. The van der Waals surface area contributed by atoms with Gasteiger partial charge < -0.3 is 0 Å². The van der Waals surface area contributed by atoms with Crippen LogP contribution in [-0.4, -0.2) is 44.4 Å². The van der Waals surface area contributed by atoms with Crippen LogP contribution in [0.2, 0.25) is 0 Å². The molecule has 0 radical (unpaired) electrons. The van der Waals surface area contributed by atoms with Crippen molar-refractivity contribution in [3.63, 3.8) is 0 Å². The van der Waals surface area contributed by atoms with Gasteiger partial charge in [0, 0.05) is 25.7 Å². The number of carbonyl (C=O) groups excluding carboxylic acids is 1. The second-order valence-electron chi connectivity index (χ2n) is 9.32. The molecule has 0 saturated carbocycles. The predicted octanol–water partition coefficient (Wildman–Crippen LogP) is 5.53. The van der Waals surface area contributed by atoms with Gasteiger partial charge in [-0.1, -0.05) is 42.5 Å². The van der Waals surface area contributed by atoms with E-state index in [1.54, 1.807) is 22.7 Å². The topological polar surface area (TPSA) is 87.8 Å². The maximum Gasteiger partial charge on any atom is 0.260 e. The Morgan fingerprint density at radius 2 is 1.74 bits per heavy atom. The number of aliphatic imine (C=N–C) groups is 2. The molecular formula is C29H19N7OS. The minimum atomic E-state index is -0.182. The molecule has 0 saturated heterocycles. The van der Waals surface area contributed by atoms with E-state index in [9.17, 15) is 4.79 Å². The SMILES string of the molecule is Cc1nn(-c2ccccc2)c2nc3c(c(-c4ccc5sc6ccccc6c5c4)c12)C1=NCC(=O)NN1C=N3. The second-order valence-corrected chi connectivity index (χ2v) is 10.4. The summed E-state index contributed by atoms with van der Waals surface area (Å²) in [6, 6.07) is 25.0. The number of amidine groups is 1. The van der Waals surface area contributed by atoms with Gasteiger partial charge in [0.15, 0.2) is 17.3 Å². The number of para-hydroxylation sites is 1. The van der Waals surface area contributed by atoms with Crippen LogP contribution in [0, 0.1) is 6.92 Å². The number of hydrogen-bond acceptors (Lipinski definition) is 7.